The summed E-state index contributed by atoms with van der Waals surface area (Å²) in [4.78, 5) is 0. The van der Waals surface area contributed by atoms with E-state index in [1.54, 1.807) is 11.8 Å². The maximum atomic E-state index is 4.40. The van der Waals surface area contributed by atoms with Crippen molar-refractivity contribution in [3.8, 4) is 0 Å². The SMILES string of the molecule is C=CCn1c(SCc2ccc(C(C)(C)C)cc2)nnc1C1CC1. The average molecular weight is 327 g/mol. The molecule has 0 saturated heterocycles. The Bertz CT molecular complexity index is 676. The zero-order valence-electron chi connectivity index (χ0n) is 14.2. The first-order valence-corrected chi connectivity index (χ1v) is 9.24. The third-order valence-electron chi connectivity index (χ3n) is 4.19. The summed E-state index contributed by atoms with van der Waals surface area (Å²) in [6.45, 7) is 11.4. The summed E-state index contributed by atoms with van der Waals surface area (Å²) in [6, 6.07) is 8.92. The molecule has 1 aromatic carbocycles. The second-order valence-corrected chi connectivity index (χ2v) is 8.19. The molecule has 0 bridgehead atoms. The lowest BCUT2D eigenvalue weighted by atomic mass is 9.87. The first kappa shape index (κ1) is 16.3. The Labute approximate surface area is 143 Å². The predicted octanol–water partition coefficient (Wildman–Crippen LogP) is 4.93. The minimum absolute atomic E-state index is 0.203. The van der Waals surface area contributed by atoms with Gasteiger partial charge in [0.15, 0.2) is 5.16 Å². The molecule has 2 aromatic rings. The summed E-state index contributed by atoms with van der Waals surface area (Å²) in [6.07, 6.45) is 4.42. The van der Waals surface area contributed by atoms with Crippen LogP contribution in [-0.2, 0) is 17.7 Å². The van der Waals surface area contributed by atoms with E-state index in [0.29, 0.717) is 5.92 Å². The van der Waals surface area contributed by atoms with Gasteiger partial charge in [0, 0.05) is 18.2 Å². The molecule has 0 unspecified atom stereocenters. The summed E-state index contributed by atoms with van der Waals surface area (Å²) in [5.74, 6) is 2.67. The molecule has 0 N–H and O–H groups in total. The van der Waals surface area contributed by atoms with Gasteiger partial charge in [0.05, 0.1) is 0 Å². The summed E-state index contributed by atoms with van der Waals surface area (Å²) in [7, 11) is 0. The molecule has 1 fully saturated rings. The van der Waals surface area contributed by atoms with Gasteiger partial charge in [-0.05, 0) is 29.4 Å². The maximum Gasteiger partial charge on any atom is 0.191 e. The molecule has 1 heterocycles. The van der Waals surface area contributed by atoms with Crippen molar-refractivity contribution in [3.05, 3.63) is 53.9 Å². The molecule has 0 radical (unpaired) electrons. The Morgan fingerprint density at radius 2 is 1.91 bits per heavy atom. The number of thioether (sulfide) groups is 1. The third kappa shape index (κ3) is 3.86. The van der Waals surface area contributed by atoms with Crippen molar-refractivity contribution in [1.29, 1.82) is 0 Å². The number of aromatic nitrogens is 3. The third-order valence-corrected chi connectivity index (χ3v) is 5.23. The van der Waals surface area contributed by atoms with E-state index >= 15 is 0 Å². The minimum atomic E-state index is 0.203. The summed E-state index contributed by atoms with van der Waals surface area (Å²) in [5.41, 5.74) is 2.90. The molecule has 0 amide bonds. The van der Waals surface area contributed by atoms with Gasteiger partial charge < -0.3 is 4.57 Å². The second-order valence-electron chi connectivity index (χ2n) is 7.25. The Balaban J connectivity index is 1.69. The number of benzene rings is 1. The number of nitrogens with zero attached hydrogens (tertiary/aromatic N) is 3. The van der Waals surface area contributed by atoms with Crippen LogP contribution in [0, 0.1) is 0 Å². The molecule has 0 spiro atoms. The van der Waals surface area contributed by atoms with Crippen LogP contribution in [-0.4, -0.2) is 14.8 Å². The molecule has 1 aliphatic carbocycles. The van der Waals surface area contributed by atoms with Crippen molar-refractivity contribution < 1.29 is 0 Å². The Kier molecular flexibility index (Phi) is 4.62. The molecule has 122 valence electrons. The van der Waals surface area contributed by atoms with Crippen LogP contribution in [0.15, 0.2) is 42.1 Å². The summed E-state index contributed by atoms with van der Waals surface area (Å²) >= 11 is 1.76. The summed E-state index contributed by atoms with van der Waals surface area (Å²) < 4.78 is 2.22. The Morgan fingerprint density at radius 3 is 2.48 bits per heavy atom. The molecule has 3 nitrogen and oxygen atoms in total. The van der Waals surface area contributed by atoms with Gasteiger partial charge in [0.25, 0.3) is 0 Å². The highest BCUT2D eigenvalue weighted by Gasteiger charge is 2.30. The topological polar surface area (TPSA) is 30.7 Å². The highest BCUT2D eigenvalue weighted by Crippen LogP contribution is 2.40. The normalized spacial score (nSPS) is 14.9. The van der Waals surface area contributed by atoms with Gasteiger partial charge in [-0.15, -0.1) is 16.8 Å². The van der Waals surface area contributed by atoms with E-state index in [-0.39, 0.29) is 5.41 Å². The zero-order chi connectivity index (χ0) is 16.4. The van der Waals surface area contributed by atoms with Gasteiger partial charge in [-0.25, -0.2) is 0 Å². The maximum absolute atomic E-state index is 4.40. The number of hydrogen-bond donors (Lipinski definition) is 0. The fraction of sp³-hybridized carbons (Fsp3) is 0.474. The highest BCUT2D eigenvalue weighted by atomic mass is 32.2. The van der Waals surface area contributed by atoms with Crippen molar-refractivity contribution in [1.82, 2.24) is 14.8 Å². The predicted molar refractivity (Wildman–Crippen MR) is 96.9 cm³/mol. The van der Waals surface area contributed by atoms with Crippen molar-refractivity contribution in [2.24, 2.45) is 0 Å². The highest BCUT2D eigenvalue weighted by molar-refractivity contribution is 7.98. The van der Waals surface area contributed by atoms with E-state index in [9.17, 15) is 0 Å². The van der Waals surface area contributed by atoms with Crippen LogP contribution in [0.5, 0.6) is 0 Å². The fourth-order valence-electron chi connectivity index (χ4n) is 2.60. The van der Waals surface area contributed by atoms with E-state index < -0.39 is 0 Å². The Morgan fingerprint density at radius 1 is 1.22 bits per heavy atom. The van der Waals surface area contributed by atoms with Gasteiger partial charge in [-0.3, -0.25) is 0 Å². The second kappa shape index (κ2) is 6.52. The summed E-state index contributed by atoms with van der Waals surface area (Å²) in [5, 5.41) is 9.80. The average Bonchev–Trinajstić information content (AvgIpc) is 3.28. The number of allylic oxidation sites excluding steroid dienone is 1. The molecule has 0 aliphatic heterocycles. The van der Waals surface area contributed by atoms with Crippen molar-refractivity contribution >= 4 is 11.8 Å². The van der Waals surface area contributed by atoms with Gasteiger partial charge >= 0.3 is 0 Å². The van der Waals surface area contributed by atoms with E-state index in [1.165, 1.54) is 24.0 Å². The smallest absolute Gasteiger partial charge is 0.191 e. The van der Waals surface area contributed by atoms with Crippen LogP contribution >= 0.6 is 11.8 Å². The van der Waals surface area contributed by atoms with Crippen molar-refractivity contribution in [2.45, 2.75) is 62.4 Å². The van der Waals surface area contributed by atoms with Crippen molar-refractivity contribution in [3.63, 3.8) is 0 Å². The van der Waals surface area contributed by atoms with Gasteiger partial charge in [0.1, 0.15) is 5.82 Å². The zero-order valence-corrected chi connectivity index (χ0v) is 15.1. The molecule has 0 atom stereocenters. The quantitative estimate of drug-likeness (QED) is 0.556. The van der Waals surface area contributed by atoms with E-state index in [4.69, 9.17) is 0 Å². The number of rotatable bonds is 6. The molecule has 1 aliphatic rings. The lowest BCUT2D eigenvalue weighted by molar-refractivity contribution is 0.590. The Hall–Kier alpha value is -1.55. The van der Waals surface area contributed by atoms with Crippen LogP contribution in [0.1, 0.15) is 56.5 Å². The first-order chi connectivity index (χ1) is 11.0. The number of hydrogen-bond acceptors (Lipinski definition) is 3. The van der Waals surface area contributed by atoms with Crippen LogP contribution in [0.4, 0.5) is 0 Å². The first-order valence-electron chi connectivity index (χ1n) is 8.25. The lowest BCUT2D eigenvalue weighted by Gasteiger charge is -2.19. The van der Waals surface area contributed by atoms with Crippen LogP contribution < -0.4 is 0 Å². The minimum Gasteiger partial charge on any atom is -0.302 e. The molecule has 1 saturated carbocycles. The molecule has 4 heteroatoms. The molecular weight excluding hydrogens is 302 g/mol. The van der Waals surface area contributed by atoms with Crippen LogP contribution in [0.3, 0.4) is 0 Å². The lowest BCUT2D eigenvalue weighted by Crippen LogP contribution is -2.10. The standard InChI is InChI=1S/C19H25N3S/c1-5-12-22-17(15-8-9-15)20-21-18(22)23-13-14-6-10-16(11-7-14)19(2,3)4/h5-7,10-11,15H,1,8-9,12-13H2,2-4H3. The van der Waals surface area contributed by atoms with Gasteiger partial charge in [-0.1, -0.05) is 62.9 Å². The fourth-order valence-corrected chi connectivity index (χ4v) is 3.51. The largest absolute Gasteiger partial charge is 0.302 e. The van der Waals surface area contributed by atoms with Crippen molar-refractivity contribution in [2.75, 3.05) is 0 Å². The van der Waals surface area contributed by atoms with Gasteiger partial charge in [0.2, 0.25) is 0 Å². The molecule has 23 heavy (non-hydrogen) atoms. The monoisotopic (exact) mass is 327 g/mol. The molecule has 3 rings (SSSR count). The van der Waals surface area contributed by atoms with Crippen LogP contribution in [0.2, 0.25) is 0 Å². The molecular formula is C19H25N3S. The van der Waals surface area contributed by atoms with E-state index in [1.807, 2.05) is 6.08 Å². The van der Waals surface area contributed by atoms with Crippen LogP contribution in [0.25, 0.3) is 0 Å². The van der Waals surface area contributed by atoms with Gasteiger partial charge in [-0.2, -0.15) is 0 Å². The van der Waals surface area contributed by atoms with E-state index in [2.05, 4.69) is 66.4 Å². The molecule has 1 aromatic heterocycles. The van der Waals surface area contributed by atoms with E-state index in [0.717, 1.165) is 23.3 Å².